The molecule has 0 saturated carbocycles. The van der Waals surface area contributed by atoms with Gasteiger partial charge in [-0.05, 0) is 42.5 Å². The molecule has 0 amide bonds. The monoisotopic (exact) mass is 336 g/mol. The van der Waals surface area contributed by atoms with Crippen LogP contribution >= 0.6 is 11.6 Å². The van der Waals surface area contributed by atoms with E-state index in [1.807, 2.05) is 6.07 Å². The highest BCUT2D eigenvalue weighted by Crippen LogP contribution is 2.37. The predicted octanol–water partition coefficient (Wildman–Crippen LogP) is 3.02. The molecule has 1 fully saturated rings. The summed E-state index contributed by atoms with van der Waals surface area (Å²) in [4.78, 5) is 11.4. The number of rotatable bonds is 5. The molecule has 1 aliphatic rings. The Bertz CT molecular complexity index is 621. The minimum Gasteiger partial charge on any atom is -0.481 e. The van der Waals surface area contributed by atoms with Crippen LogP contribution in [0.2, 0.25) is 5.02 Å². The second kappa shape index (κ2) is 7.31. The lowest BCUT2D eigenvalue weighted by molar-refractivity contribution is -0.142. The van der Waals surface area contributed by atoms with E-state index in [9.17, 15) is 15.2 Å². The van der Waals surface area contributed by atoms with Crippen LogP contribution in [0.15, 0.2) is 18.2 Å². The smallest absolute Gasteiger partial charge is 0.308 e. The molecule has 1 unspecified atom stereocenters. The number of carbonyl (C=O) groups is 1. The molecule has 0 aliphatic carbocycles. The van der Waals surface area contributed by atoms with Gasteiger partial charge in [0.25, 0.3) is 0 Å². The largest absolute Gasteiger partial charge is 0.481 e. The summed E-state index contributed by atoms with van der Waals surface area (Å²) in [5.74, 6) is -1.61. The summed E-state index contributed by atoms with van der Waals surface area (Å²) in [6, 6.07) is 7.02. The summed E-state index contributed by atoms with van der Waals surface area (Å²) in [6.45, 7) is 2.84. The topological polar surface area (TPSA) is 96.3 Å². The zero-order chi connectivity index (χ0) is 17.0. The van der Waals surface area contributed by atoms with Gasteiger partial charge in [0, 0.05) is 24.3 Å². The van der Waals surface area contributed by atoms with Crippen molar-refractivity contribution in [2.45, 2.75) is 37.6 Å². The molecule has 0 aromatic heterocycles. The van der Waals surface area contributed by atoms with Gasteiger partial charge in [-0.25, -0.2) is 0 Å². The molecule has 2 atom stereocenters. The molecule has 6 heteroatoms. The van der Waals surface area contributed by atoms with Gasteiger partial charge in [-0.3, -0.25) is 4.79 Å². The van der Waals surface area contributed by atoms with Gasteiger partial charge in [0.1, 0.15) is 0 Å². The van der Waals surface area contributed by atoms with Crippen molar-refractivity contribution in [3.8, 4) is 6.07 Å². The molecule has 0 spiro atoms. The summed E-state index contributed by atoms with van der Waals surface area (Å²) in [7, 11) is 0. The van der Waals surface area contributed by atoms with E-state index in [2.05, 4.69) is 6.07 Å². The molecular weight excluding hydrogens is 316 g/mol. The van der Waals surface area contributed by atoms with Crippen LogP contribution in [0.25, 0.3) is 0 Å². The van der Waals surface area contributed by atoms with Gasteiger partial charge in [-0.1, -0.05) is 24.6 Å². The van der Waals surface area contributed by atoms with Crippen molar-refractivity contribution in [1.29, 1.82) is 5.26 Å². The van der Waals surface area contributed by atoms with Crippen molar-refractivity contribution < 1.29 is 14.6 Å². The van der Waals surface area contributed by atoms with E-state index < -0.39 is 23.3 Å². The van der Waals surface area contributed by atoms with Crippen LogP contribution in [-0.2, 0) is 14.9 Å². The maximum absolute atomic E-state index is 11.4. The quantitative estimate of drug-likeness (QED) is 0.861. The van der Waals surface area contributed by atoms with Crippen LogP contribution in [0.1, 0.15) is 43.4 Å². The summed E-state index contributed by atoms with van der Waals surface area (Å²) in [5, 5.41) is 19.5. The van der Waals surface area contributed by atoms with E-state index in [0.717, 1.165) is 5.56 Å². The first-order valence-corrected chi connectivity index (χ1v) is 8.09. The minimum atomic E-state index is -0.928. The molecule has 124 valence electrons. The number of benzene rings is 1. The third-order valence-corrected chi connectivity index (χ3v) is 4.83. The predicted molar refractivity (Wildman–Crippen MR) is 87.1 cm³/mol. The number of ether oxygens (including phenoxy) is 1. The number of nitrogens with two attached hydrogens (primary N) is 1. The Labute approximate surface area is 141 Å². The number of nitriles is 1. The van der Waals surface area contributed by atoms with Gasteiger partial charge < -0.3 is 15.6 Å². The molecular formula is C17H21ClN2O3. The minimum absolute atomic E-state index is 0.426. The van der Waals surface area contributed by atoms with Gasteiger partial charge in [-0.2, -0.15) is 5.26 Å². The first-order chi connectivity index (χ1) is 10.9. The molecule has 23 heavy (non-hydrogen) atoms. The Morgan fingerprint density at radius 3 is 2.65 bits per heavy atom. The molecule has 1 aliphatic heterocycles. The van der Waals surface area contributed by atoms with E-state index >= 15 is 0 Å². The molecule has 1 aromatic rings. The normalized spacial score (nSPS) is 19.6. The lowest BCUT2D eigenvalue weighted by Gasteiger charge is -2.32. The fourth-order valence-electron chi connectivity index (χ4n) is 3.08. The number of aliphatic carboxylic acids is 1. The zero-order valence-corrected chi connectivity index (χ0v) is 13.8. The van der Waals surface area contributed by atoms with Crippen LogP contribution in [0.4, 0.5) is 0 Å². The second-order valence-corrected chi connectivity index (χ2v) is 6.39. The molecule has 1 saturated heterocycles. The molecule has 5 nitrogen and oxygen atoms in total. The summed E-state index contributed by atoms with van der Waals surface area (Å²) in [5.41, 5.74) is 6.95. The summed E-state index contributed by atoms with van der Waals surface area (Å²) in [6.07, 6.45) is 1.61. The number of hydrogen-bond donors (Lipinski definition) is 2. The highest BCUT2D eigenvalue weighted by molar-refractivity contribution is 6.30. The fraction of sp³-hybridized carbons (Fsp3) is 0.529. The lowest BCUT2D eigenvalue weighted by atomic mass is 9.74. The van der Waals surface area contributed by atoms with Crippen molar-refractivity contribution in [2.24, 2.45) is 11.7 Å². The van der Waals surface area contributed by atoms with Crippen molar-refractivity contribution in [2.75, 3.05) is 13.2 Å². The molecule has 1 aromatic carbocycles. The Kier molecular flexibility index (Phi) is 5.64. The average Bonchev–Trinajstić information content (AvgIpc) is 2.55. The van der Waals surface area contributed by atoms with Crippen LogP contribution in [0, 0.1) is 17.2 Å². The second-order valence-electron chi connectivity index (χ2n) is 5.96. The molecule has 1 heterocycles. The summed E-state index contributed by atoms with van der Waals surface area (Å²) >= 11 is 6.22. The maximum atomic E-state index is 11.4. The third kappa shape index (κ3) is 3.66. The number of halogens is 1. The first-order valence-electron chi connectivity index (χ1n) is 7.72. The third-order valence-electron chi connectivity index (χ3n) is 4.61. The number of carboxylic acids is 1. The number of nitrogens with zero attached hydrogens (tertiary/aromatic N) is 1. The maximum Gasteiger partial charge on any atom is 0.308 e. The standard InChI is InChI=1S/C17H21ClN2O3/c1-2-14(16(21)22)15(20)11-7-12(9-13(18)8-11)17(10-19)3-5-23-6-4-17/h7-9,14-15H,2-6,20H2,1H3,(H,21,22)/t14-,15?/m0/s1. The summed E-state index contributed by atoms with van der Waals surface area (Å²) < 4.78 is 5.36. The zero-order valence-electron chi connectivity index (χ0n) is 13.1. The highest BCUT2D eigenvalue weighted by atomic mass is 35.5. The number of carboxylic acid groups (broad SMARTS) is 1. The molecule has 0 bridgehead atoms. The lowest BCUT2D eigenvalue weighted by Crippen LogP contribution is -2.33. The van der Waals surface area contributed by atoms with E-state index in [1.165, 1.54) is 0 Å². The van der Waals surface area contributed by atoms with Gasteiger partial charge in [0.05, 0.1) is 17.4 Å². The molecule has 3 N–H and O–H groups in total. The molecule has 2 rings (SSSR count). The van der Waals surface area contributed by atoms with Gasteiger partial charge in [-0.15, -0.1) is 0 Å². The van der Waals surface area contributed by atoms with Crippen molar-refractivity contribution in [3.63, 3.8) is 0 Å². The van der Waals surface area contributed by atoms with Crippen LogP contribution in [0.5, 0.6) is 0 Å². The van der Waals surface area contributed by atoms with Gasteiger partial charge >= 0.3 is 5.97 Å². The van der Waals surface area contributed by atoms with E-state index in [0.29, 0.717) is 43.1 Å². The highest BCUT2D eigenvalue weighted by Gasteiger charge is 2.36. The van der Waals surface area contributed by atoms with Crippen molar-refractivity contribution in [3.05, 3.63) is 34.3 Å². The van der Waals surface area contributed by atoms with Crippen LogP contribution in [-0.4, -0.2) is 24.3 Å². The number of hydrogen-bond acceptors (Lipinski definition) is 4. The van der Waals surface area contributed by atoms with E-state index in [-0.39, 0.29) is 0 Å². The average molecular weight is 337 g/mol. The van der Waals surface area contributed by atoms with E-state index in [4.69, 9.17) is 22.1 Å². The van der Waals surface area contributed by atoms with Gasteiger partial charge in [0.15, 0.2) is 0 Å². The van der Waals surface area contributed by atoms with Gasteiger partial charge in [0.2, 0.25) is 0 Å². The van der Waals surface area contributed by atoms with Crippen LogP contribution < -0.4 is 5.73 Å². The Morgan fingerprint density at radius 1 is 1.48 bits per heavy atom. The Balaban J connectivity index is 2.43. The molecule has 0 radical (unpaired) electrons. The Morgan fingerprint density at radius 2 is 2.13 bits per heavy atom. The van der Waals surface area contributed by atoms with Crippen LogP contribution in [0.3, 0.4) is 0 Å². The van der Waals surface area contributed by atoms with E-state index in [1.54, 1.807) is 19.1 Å². The Hall–Kier alpha value is -1.61. The fourth-order valence-corrected chi connectivity index (χ4v) is 3.32. The van der Waals surface area contributed by atoms with Crippen molar-refractivity contribution in [1.82, 2.24) is 0 Å². The SMILES string of the molecule is CC[C@H](C(=O)O)C(N)c1cc(Cl)cc(C2(C#N)CCOCC2)c1. The first kappa shape index (κ1) is 17.7. The van der Waals surface area contributed by atoms with Crippen molar-refractivity contribution >= 4 is 17.6 Å².